The second-order valence-electron chi connectivity index (χ2n) is 7.07. The molecule has 2 aliphatic rings. The Labute approximate surface area is 163 Å². The zero-order valence-electron chi connectivity index (χ0n) is 15.7. The highest BCUT2D eigenvalue weighted by Crippen LogP contribution is 2.46. The van der Waals surface area contributed by atoms with Crippen LogP contribution < -0.4 is 9.64 Å². The predicted molar refractivity (Wildman–Crippen MR) is 107 cm³/mol. The molecule has 2 heterocycles. The molecule has 0 saturated carbocycles. The van der Waals surface area contributed by atoms with E-state index >= 15 is 0 Å². The topological polar surface area (TPSA) is 48.0 Å². The predicted octanol–water partition coefficient (Wildman–Crippen LogP) is 3.77. The van der Waals surface area contributed by atoms with Crippen LogP contribution in [0.5, 0.6) is 5.75 Å². The number of aryl methyl sites for hydroxylation is 1. The summed E-state index contributed by atoms with van der Waals surface area (Å²) in [6, 6.07) is 20.0. The number of amides is 1. The molecular formula is C23H21NO4. The molecule has 3 aromatic rings. The number of rotatable bonds is 4. The SMILES string of the molecule is Cc1cccc2c1N(CCOc1cccc3ccccc13)C(=O)C21OCCO1. The van der Waals surface area contributed by atoms with E-state index in [2.05, 4.69) is 12.1 Å². The molecule has 142 valence electrons. The van der Waals surface area contributed by atoms with E-state index in [1.54, 1.807) is 4.90 Å². The highest BCUT2D eigenvalue weighted by Gasteiger charge is 2.56. The maximum absolute atomic E-state index is 13.2. The fraction of sp³-hybridized carbons (Fsp3) is 0.261. The molecule has 0 unspecified atom stereocenters. The number of carbonyl (C=O) groups is 1. The zero-order chi connectivity index (χ0) is 19.1. The van der Waals surface area contributed by atoms with Gasteiger partial charge in [0.2, 0.25) is 0 Å². The van der Waals surface area contributed by atoms with Crippen LogP contribution >= 0.6 is 0 Å². The Balaban J connectivity index is 1.41. The van der Waals surface area contributed by atoms with Gasteiger partial charge in [0.05, 0.1) is 25.4 Å². The van der Waals surface area contributed by atoms with Crippen molar-refractivity contribution in [3.63, 3.8) is 0 Å². The minimum Gasteiger partial charge on any atom is -0.491 e. The van der Waals surface area contributed by atoms with E-state index in [0.29, 0.717) is 26.4 Å². The lowest BCUT2D eigenvalue weighted by atomic mass is 10.0. The molecule has 0 bridgehead atoms. The summed E-state index contributed by atoms with van der Waals surface area (Å²) in [5, 5.41) is 2.19. The van der Waals surface area contributed by atoms with Gasteiger partial charge in [-0.25, -0.2) is 0 Å². The lowest BCUT2D eigenvalue weighted by molar-refractivity contribution is -0.180. The van der Waals surface area contributed by atoms with Gasteiger partial charge in [-0.1, -0.05) is 54.6 Å². The van der Waals surface area contributed by atoms with Crippen LogP contribution in [0, 0.1) is 6.92 Å². The normalized spacial score (nSPS) is 17.5. The Morgan fingerprint density at radius 1 is 1.00 bits per heavy atom. The minimum absolute atomic E-state index is 0.171. The van der Waals surface area contributed by atoms with E-state index in [9.17, 15) is 4.79 Å². The molecule has 1 saturated heterocycles. The smallest absolute Gasteiger partial charge is 0.292 e. The van der Waals surface area contributed by atoms with Crippen molar-refractivity contribution in [3.05, 3.63) is 71.8 Å². The van der Waals surface area contributed by atoms with Crippen molar-refractivity contribution in [3.8, 4) is 5.75 Å². The molecule has 5 rings (SSSR count). The maximum atomic E-state index is 13.2. The van der Waals surface area contributed by atoms with Crippen LogP contribution in [0.4, 0.5) is 5.69 Å². The molecule has 2 aliphatic heterocycles. The van der Waals surface area contributed by atoms with Crippen molar-refractivity contribution in [1.29, 1.82) is 0 Å². The second-order valence-corrected chi connectivity index (χ2v) is 7.07. The van der Waals surface area contributed by atoms with Crippen LogP contribution in [-0.4, -0.2) is 32.3 Å². The van der Waals surface area contributed by atoms with Crippen molar-refractivity contribution in [2.75, 3.05) is 31.3 Å². The number of ether oxygens (including phenoxy) is 3. The number of nitrogens with zero attached hydrogens (tertiary/aromatic N) is 1. The zero-order valence-corrected chi connectivity index (χ0v) is 15.7. The van der Waals surface area contributed by atoms with Crippen molar-refractivity contribution in [1.82, 2.24) is 0 Å². The molecule has 5 heteroatoms. The van der Waals surface area contributed by atoms with Crippen molar-refractivity contribution < 1.29 is 19.0 Å². The maximum Gasteiger partial charge on any atom is 0.292 e. The van der Waals surface area contributed by atoms with Crippen LogP contribution in [-0.2, 0) is 20.1 Å². The summed E-state index contributed by atoms with van der Waals surface area (Å²) >= 11 is 0. The summed E-state index contributed by atoms with van der Waals surface area (Å²) in [5.74, 6) is -0.644. The largest absolute Gasteiger partial charge is 0.491 e. The number of hydrogen-bond donors (Lipinski definition) is 0. The Kier molecular flexibility index (Phi) is 4.07. The summed E-state index contributed by atoms with van der Waals surface area (Å²) in [5.41, 5.74) is 2.68. The second kappa shape index (κ2) is 6.62. The van der Waals surface area contributed by atoms with Crippen molar-refractivity contribution >= 4 is 22.4 Å². The van der Waals surface area contributed by atoms with Gasteiger partial charge in [-0.05, 0) is 23.9 Å². The molecule has 3 aromatic carbocycles. The minimum atomic E-state index is -1.29. The first-order chi connectivity index (χ1) is 13.7. The number of benzene rings is 3. The number of carbonyl (C=O) groups excluding carboxylic acids is 1. The standard InChI is InChI=1S/C23H21NO4/c1-16-6-4-10-19-21(16)24(22(25)23(19)27-14-15-28-23)12-13-26-20-11-5-8-17-7-2-3-9-18(17)20/h2-11H,12-15H2,1H3. The number of hydrogen-bond acceptors (Lipinski definition) is 4. The third kappa shape index (κ3) is 2.51. The molecule has 0 radical (unpaired) electrons. The Morgan fingerprint density at radius 2 is 1.75 bits per heavy atom. The van der Waals surface area contributed by atoms with Crippen LogP contribution in [0.25, 0.3) is 10.8 Å². The van der Waals surface area contributed by atoms with E-state index in [-0.39, 0.29) is 5.91 Å². The van der Waals surface area contributed by atoms with Crippen LogP contribution in [0.2, 0.25) is 0 Å². The molecule has 0 atom stereocenters. The van der Waals surface area contributed by atoms with Crippen LogP contribution in [0.1, 0.15) is 11.1 Å². The van der Waals surface area contributed by atoms with Gasteiger partial charge in [0, 0.05) is 10.9 Å². The number of para-hydroxylation sites is 1. The highest BCUT2D eigenvalue weighted by atomic mass is 16.7. The number of fused-ring (bicyclic) bond motifs is 3. The average molecular weight is 375 g/mol. The molecule has 5 nitrogen and oxygen atoms in total. The van der Waals surface area contributed by atoms with E-state index in [0.717, 1.165) is 33.3 Å². The van der Waals surface area contributed by atoms with Crippen LogP contribution in [0.3, 0.4) is 0 Å². The van der Waals surface area contributed by atoms with E-state index in [4.69, 9.17) is 14.2 Å². The first kappa shape index (κ1) is 17.2. The summed E-state index contributed by atoms with van der Waals surface area (Å²) in [4.78, 5) is 15.0. The molecule has 1 fully saturated rings. The summed E-state index contributed by atoms with van der Waals surface area (Å²) in [7, 11) is 0. The van der Waals surface area contributed by atoms with Gasteiger partial charge in [-0.15, -0.1) is 0 Å². The van der Waals surface area contributed by atoms with Gasteiger partial charge in [-0.3, -0.25) is 4.79 Å². The van der Waals surface area contributed by atoms with E-state index in [1.165, 1.54) is 0 Å². The lowest BCUT2D eigenvalue weighted by Crippen LogP contribution is -2.42. The molecule has 1 spiro atoms. The first-order valence-electron chi connectivity index (χ1n) is 9.51. The lowest BCUT2D eigenvalue weighted by Gasteiger charge is -2.22. The molecule has 1 amide bonds. The molecule has 0 aromatic heterocycles. The van der Waals surface area contributed by atoms with Gasteiger partial charge in [-0.2, -0.15) is 0 Å². The molecular weight excluding hydrogens is 354 g/mol. The van der Waals surface area contributed by atoms with Gasteiger partial charge >= 0.3 is 0 Å². The number of anilines is 1. The first-order valence-corrected chi connectivity index (χ1v) is 9.51. The average Bonchev–Trinajstić information content (AvgIpc) is 3.30. The molecule has 0 N–H and O–H groups in total. The molecule has 0 aliphatic carbocycles. The Hall–Kier alpha value is -2.89. The molecule has 28 heavy (non-hydrogen) atoms. The summed E-state index contributed by atoms with van der Waals surface area (Å²) in [6.07, 6.45) is 0. The third-order valence-electron chi connectivity index (χ3n) is 5.41. The Bertz CT molecular complexity index is 1050. The van der Waals surface area contributed by atoms with Crippen molar-refractivity contribution in [2.24, 2.45) is 0 Å². The van der Waals surface area contributed by atoms with E-state index < -0.39 is 5.79 Å². The van der Waals surface area contributed by atoms with Gasteiger partial charge < -0.3 is 19.1 Å². The Morgan fingerprint density at radius 3 is 2.61 bits per heavy atom. The monoisotopic (exact) mass is 375 g/mol. The fourth-order valence-corrected chi connectivity index (χ4v) is 4.15. The third-order valence-corrected chi connectivity index (χ3v) is 5.41. The van der Waals surface area contributed by atoms with Gasteiger partial charge in [0.15, 0.2) is 0 Å². The highest BCUT2D eigenvalue weighted by molar-refractivity contribution is 6.07. The summed E-state index contributed by atoms with van der Waals surface area (Å²) < 4.78 is 17.6. The summed E-state index contributed by atoms with van der Waals surface area (Å²) in [6.45, 7) is 3.63. The quantitative estimate of drug-likeness (QED) is 0.696. The van der Waals surface area contributed by atoms with Gasteiger partial charge in [0.1, 0.15) is 12.4 Å². The fourth-order valence-electron chi connectivity index (χ4n) is 4.15. The van der Waals surface area contributed by atoms with Crippen LogP contribution in [0.15, 0.2) is 60.7 Å². The van der Waals surface area contributed by atoms with Crippen molar-refractivity contribution in [2.45, 2.75) is 12.7 Å². The van der Waals surface area contributed by atoms with E-state index in [1.807, 2.05) is 55.5 Å². The van der Waals surface area contributed by atoms with Gasteiger partial charge in [0.25, 0.3) is 11.7 Å².